The minimum atomic E-state index is -0.0964. The number of hydrogen-bond donors (Lipinski definition) is 1. The molecule has 4 rings (SSSR count). The van der Waals surface area contributed by atoms with E-state index in [9.17, 15) is 4.79 Å². The Labute approximate surface area is 169 Å². The summed E-state index contributed by atoms with van der Waals surface area (Å²) < 4.78 is 1.64. The molecule has 1 fully saturated rings. The number of nitrogens with zero attached hydrogens (tertiary/aromatic N) is 7. The summed E-state index contributed by atoms with van der Waals surface area (Å²) in [5.74, 6) is 0.591. The van der Waals surface area contributed by atoms with Gasteiger partial charge < -0.3 is 15.1 Å². The minimum Gasteiger partial charge on any atom is -0.369 e. The van der Waals surface area contributed by atoms with Gasteiger partial charge in [0.2, 0.25) is 0 Å². The zero-order valence-electron chi connectivity index (χ0n) is 16.4. The number of amides is 2. The average Bonchev–Trinajstić information content (AvgIpc) is 3.09. The van der Waals surface area contributed by atoms with Crippen LogP contribution in [0, 0.1) is 6.92 Å². The Balaban J connectivity index is 1.35. The summed E-state index contributed by atoms with van der Waals surface area (Å²) in [7, 11) is 0. The van der Waals surface area contributed by atoms with E-state index >= 15 is 0 Å². The molecule has 2 amide bonds. The highest BCUT2D eigenvalue weighted by molar-refractivity contribution is 5.74. The Morgan fingerprint density at radius 1 is 1.10 bits per heavy atom. The highest BCUT2D eigenvalue weighted by Gasteiger charge is 2.20. The monoisotopic (exact) mass is 392 g/mol. The van der Waals surface area contributed by atoms with Crippen LogP contribution in [0.3, 0.4) is 0 Å². The van der Waals surface area contributed by atoms with Crippen molar-refractivity contribution in [2.45, 2.75) is 19.9 Å². The standard InChI is InChI=1S/C20H24N8O/c1-16-14-21-9-8-18(16)26-10-5-11-27(13-12-26)20(29)22-15-19-23-24-25-28(19)17-6-3-2-4-7-17/h2-4,6-9,14H,5,10-13,15H2,1H3,(H,22,29). The number of rotatable bonds is 4. The van der Waals surface area contributed by atoms with Gasteiger partial charge in [-0.2, -0.15) is 4.68 Å². The largest absolute Gasteiger partial charge is 0.369 e. The van der Waals surface area contributed by atoms with E-state index in [1.165, 1.54) is 5.69 Å². The maximum atomic E-state index is 12.7. The van der Waals surface area contributed by atoms with Crippen molar-refractivity contribution in [2.24, 2.45) is 0 Å². The van der Waals surface area contributed by atoms with E-state index in [0.717, 1.165) is 37.3 Å². The molecule has 0 bridgehead atoms. The molecule has 1 saturated heterocycles. The highest BCUT2D eigenvalue weighted by atomic mass is 16.2. The van der Waals surface area contributed by atoms with E-state index in [2.05, 4.69) is 37.6 Å². The zero-order chi connectivity index (χ0) is 20.1. The lowest BCUT2D eigenvalue weighted by Crippen LogP contribution is -2.42. The molecule has 0 atom stereocenters. The normalized spacial score (nSPS) is 14.5. The summed E-state index contributed by atoms with van der Waals surface area (Å²) in [6, 6.07) is 11.6. The Morgan fingerprint density at radius 3 is 2.79 bits per heavy atom. The molecule has 1 aliphatic heterocycles. The van der Waals surface area contributed by atoms with Gasteiger partial charge in [0.05, 0.1) is 12.2 Å². The van der Waals surface area contributed by atoms with E-state index in [1.807, 2.05) is 53.7 Å². The molecule has 29 heavy (non-hydrogen) atoms. The lowest BCUT2D eigenvalue weighted by Gasteiger charge is -2.25. The first-order valence-electron chi connectivity index (χ1n) is 9.73. The average molecular weight is 392 g/mol. The third-order valence-electron chi connectivity index (χ3n) is 5.05. The number of carbonyl (C=O) groups excluding carboxylic acids is 1. The number of nitrogens with one attached hydrogen (secondary N) is 1. The molecule has 1 aromatic carbocycles. The molecule has 9 nitrogen and oxygen atoms in total. The van der Waals surface area contributed by atoms with Gasteiger partial charge in [0, 0.05) is 44.3 Å². The summed E-state index contributed by atoms with van der Waals surface area (Å²) >= 11 is 0. The van der Waals surface area contributed by atoms with Crippen molar-refractivity contribution in [3.8, 4) is 5.69 Å². The minimum absolute atomic E-state index is 0.0964. The van der Waals surface area contributed by atoms with Gasteiger partial charge in [-0.3, -0.25) is 4.98 Å². The Morgan fingerprint density at radius 2 is 1.97 bits per heavy atom. The number of para-hydroxylation sites is 1. The van der Waals surface area contributed by atoms with Crippen molar-refractivity contribution >= 4 is 11.7 Å². The third kappa shape index (κ3) is 4.34. The van der Waals surface area contributed by atoms with Crippen LogP contribution in [-0.2, 0) is 6.54 Å². The van der Waals surface area contributed by atoms with Gasteiger partial charge >= 0.3 is 6.03 Å². The van der Waals surface area contributed by atoms with E-state index in [0.29, 0.717) is 12.4 Å². The van der Waals surface area contributed by atoms with Crippen molar-refractivity contribution in [2.75, 3.05) is 31.1 Å². The Bertz CT molecular complexity index is 958. The van der Waals surface area contributed by atoms with Gasteiger partial charge in [0.1, 0.15) is 0 Å². The van der Waals surface area contributed by atoms with Gasteiger partial charge in [-0.25, -0.2) is 4.79 Å². The molecular formula is C20H24N8O. The molecule has 0 unspecified atom stereocenters. The topological polar surface area (TPSA) is 92.1 Å². The molecule has 1 N–H and O–H groups in total. The van der Waals surface area contributed by atoms with Crippen LogP contribution in [0.15, 0.2) is 48.8 Å². The van der Waals surface area contributed by atoms with Crippen molar-refractivity contribution in [1.82, 2.24) is 35.4 Å². The number of aromatic nitrogens is 5. The van der Waals surface area contributed by atoms with E-state index < -0.39 is 0 Å². The first-order valence-corrected chi connectivity index (χ1v) is 9.73. The van der Waals surface area contributed by atoms with Crippen molar-refractivity contribution < 1.29 is 4.79 Å². The van der Waals surface area contributed by atoms with Crippen molar-refractivity contribution in [1.29, 1.82) is 0 Å². The maximum absolute atomic E-state index is 12.7. The molecule has 1 aliphatic rings. The summed E-state index contributed by atoms with van der Waals surface area (Å²) in [6.45, 7) is 5.42. The first-order chi connectivity index (χ1) is 14.2. The molecule has 150 valence electrons. The quantitative estimate of drug-likeness (QED) is 0.728. The number of pyridine rings is 1. The molecule has 0 aliphatic carbocycles. The summed E-state index contributed by atoms with van der Waals surface area (Å²) in [6.07, 6.45) is 4.60. The lowest BCUT2D eigenvalue weighted by atomic mass is 10.2. The van der Waals surface area contributed by atoms with Crippen LogP contribution >= 0.6 is 0 Å². The number of benzene rings is 1. The van der Waals surface area contributed by atoms with Crippen LogP contribution in [0.5, 0.6) is 0 Å². The number of carbonyl (C=O) groups is 1. The number of hydrogen-bond acceptors (Lipinski definition) is 6. The molecule has 0 radical (unpaired) electrons. The number of tetrazole rings is 1. The predicted octanol–water partition coefficient (Wildman–Crippen LogP) is 1.79. The molecule has 3 heterocycles. The molecule has 2 aromatic heterocycles. The number of anilines is 1. The van der Waals surface area contributed by atoms with E-state index in [-0.39, 0.29) is 12.6 Å². The van der Waals surface area contributed by atoms with Crippen molar-refractivity contribution in [3.05, 3.63) is 60.2 Å². The van der Waals surface area contributed by atoms with Crippen molar-refractivity contribution in [3.63, 3.8) is 0 Å². The molecule has 0 spiro atoms. The predicted molar refractivity (Wildman–Crippen MR) is 109 cm³/mol. The summed E-state index contributed by atoms with van der Waals surface area (Å²) in [5.41, 5.74) is 3.20. The van der Waals surface area contributed by atoms with E-state index in [4.69, 9.17) is 0 Å². The fourth-order valence-electron chi connectivity index (χ4n) is 3.53. The Kier molecular flexibility index (Phi) is 5.64. The van der Waals surface area contributed by atoms with Crippen LogP contribution < -0.4 is 10.2 Å². The second kappa shape index (κ2) is 8.68. The molecule has 9 heteroatoms. The second-order valence-corrected chi connectivity index (χ2v) is 6.99. The van der Waals surface area contributed by atoms with Crippen LogP contribution in [-0.4, -0.2) is 62.3 Å². The molecular weight excluding hydrogens is 368 g/mol. The summed E-state index contributed by atoms with van der Waals surface area (Å²) in [4.78, 5) is 21.1. The van der Waals surface area contributed by atoms with E-state index in [1.54, 1.807) is 4.68 Å². The van der Waals surface area contributed by atoms with Crippen LogP contribution in [0.2, 0.25) is 0 Å². The van der Waals surface area contributed by atoms with Gasteiger partial charge in [-0.05, 0) is 47.5 Å². The van der Waals surface area contributed by atoms with Crippen LogP contribution in [0.25, 0.3) is 5.69 Å². The van der Waals surface area contributed by atoms with Crippen LogP contribution in [0.1, 0.15) is 17.8 Å². The third-order valence-corrected chi connectivity index (χ3v) is 5.05. The summed E-state index contributed by atoms with van der Waals surface area (Å²) in [5, 5.41) is 14.8. The SMILES string of the molecule is Cc1cnccc1N1CCCN(C(=O)NCc2nnnn2-c2ccccc2)CC1. The molecule has 0 saturated carbocycles. The zero-order valence-corrected chi connectivity index (χ0v) is 16.4. The first kappa shape index (κ1) is 18.9. The van der Waals surface area contributed by atoms with Gasteiger partial charge in [-0.1, -0.05) is 18.2 Å². The fraction of sp³-hybridized carbons (Fsp3) is 0.350. The van der Waals surface area contributed by atoms with Gasteiger partial charge in [0.15, 0.2) is 5.82 Å². The molecule has 3 aromatic rings. The Hall–Kier alpha value is -3.49. The van der Waals surface area contributed by atoms with Gasteiger partial charge in [0.25, 0.3) is 0 Å². The number of urea groups is 1. The maximum Gasteiger partial charge on any atom is 0.317 e. The highest BCUT2D eigenvalue weighted by Crippen LogP contribution is 2.20. The van der Waals surface area contributed by atoms with Crippen LogP contribution in [0.4, 0.5) is 10.5 Å². The smallest absolute Gasteiger partial charge is 0.317 e. The number of aryl methyl sites for hydroxylation is 1. The fourth-order valence-corrected chi connectivity index (χ4v) is 3.53. The second-order valence-electron chi connectivity index (χ2n) is 6.99. The van der Waals surface area contributed by atoms with Gasteiger partial charge in [-0.15, -0.1) is 5.10 Å². The lowest BCUT2D eigenvalue weighted by molar-refractivity contribution is 0.200.